The van der Waals surface area contributed by atoms with Gasteiger partial charge < -0.3 is 15.5 Å². The highest BCUT2D eigenvalue weighted by atomic mass is 19.2. The van der Waals surface area contributed by atoms with Gasteiger partial charge in [-0.2, -0.15) is 0 Å². The van der Waals surface area contributed by atoms with Crippen LogP contribution in [0.4, 0.5) is 30.2 Å². The number of hydrogen-bond acceptors (Lipinski definition) is 3. The number of carbonyl (C=O) groups is 1. The molecule has 146 valence electrons. The van der Waals surface area contributed by atoms with E-state index in [2.05, 4.69) is 35.4 Å². The van der Waals surface area contributed by atoms with Crippen LogP contribution in [0.2, 0.25) is 0 Å². The van der Waals surface area contributed by atoms with Gasteiger partial charge >= 0.3 is 0 Å². The molecule has 0 bridgehead atoms. The monoisotopic (exact) mass is 379 g/mol. The van der Waals surface area contributed by atoms with Gasteiger partial charge in [-0.25, -0.2) is 13.2 Å². The summed E-state index contributed by atoms with van der Waals surface area (Å²) in [6, 6.07) is 7.81. The van der Waals surface area contributed by atoms with Crippen LogP contribution in [0.5, 0.6) is 0 Å². The highest BCUT2D eigenvalue weighted by Gasteiger charge is 2.15. The average molecular weight is 379 g/mol. The van der Waals surface area contributed by atoms with Crippen molar-refractivity contribution >= 4 is 23.0 Å². The molecule has 7 heteroatoms. The number of rotatable bonds is 8. The number of carbonyl (C=O) groups excluding carboxylic acids is 1. The highest BCUT2D eigenvalue weighted by molar-refractivity contribution is 5.91. The Kier molecular flexibility index (Phi) is 7.10. The second-order valence-electron chi connectivity index (χ2n) is 6.12. The quantitative estimate of drug-likeness (QED) is 0.654. The van der Waals surface area contributed by atoms with Crippen molar-refractivity contribution in [1.82, 2.24) is 0 Å². The van der Waals surface area contributed by atoms with E-state index in [0.717, 1.165) is 42.2 Å². The Balaban J connectivity index is 1.91. The molecule has 1 amide bonds. The fraction of sp³-hybridized carbons (Fsp3) is 0.350. The first-order chi connectivity index (χ1) is 12.9. The number of nitrogens with zero attached hydrogens (tertiary/aromatic N) is 1. The fourth-order valence-corrected chi connectivity index (χ4v) is 2.78. The second-order valence-corrected chi connectivity index (χ2v) is 6.12. The van der Waals surface area contributed by atoms with Gasteiger partial charge in [-0.15, -0.1) is 0 Å². The molecule has 0 unspecified atom stereocenters. The van der Waals surface area contributed by atoms with Crippen LogP contribution in [0.3, 0.4) is 0 Å². The summed E-state index contributed by atoms with van der Waals surface area (Å²) in [6.45, 7) is 8.33. The summed E-state index contributed by atoms with van der Waals surface area (Å²) in [5.41, 5.74) is 2.71. The Morgan fingerprint density at radius 3 is 2.30 bits per heavy atom. The first-order valence-corrected chi connectivity index (χ1v) is 8.90. The van der Waals surface area contributed by atoms with Crippen LogP contribution in [0.25, 0.3) is 0 Å². The van der Waals surface area contributed by atoms with Gasteiger partial charge in [0.05, 0.1) is 5.69 Å². The zero-order chi connectivity index (χ0) is 20.0. The summed E-state index contributed by atoms with van der Waals surface area (Å²) >= 11 is 0. The number of nitrogens with one attached hydrogen (secondary N) is 2. The molecule has 2 aromatic carbocycles. The molecule has 2 N–H and O–H groups in total. The summed E-state index contributed by atoms with van der Waals surface area (Å²) in [5, 5.41) is 5.41. The van der Waals surface area contributed by atoms with Crippen molar-refractivity contribution in [1.29, 1.82) is 0 Å². The van der Waals surface area contributed by atoms with Gasteiger partial charge in [0, 0.05) is 37.4 Å². The van der Waals surface area contributed by atoms with Crippen molar-refractivity contribution in [2.75, 3.05) is 35.2 Å². The van der Waals surface area contributed by atoms with Crippen molar-refractivity contribution in [2.45, 2.75) is 27.2 Å². The predicted octanol–water partition coefficient (Wildman–Crippen LogP) is 4.70. The lowest BCUT2D eigenvalue weighted by atomic mass is 10.1. The van der Waals surface area contributed by atoms with Crippen LogP contribution in [0, 0.1) is 24.4 Å². The normalized spacial score (nSPS) is 10.6. The van der Waals surface area contributed by atoms with Gasteiger partial charge in [-0.05, 0) is 56.7 Å². The second kappa shape index (κ2) is 9.30. The lowest BCUT2D eigenvalue weighted by molar-refractivity contribution is -0.116. The molecular weight excluding hydrogens is 355 g/mol. The van der Waals surface area contributed by atoms with Gasteiger partial charge in [0.15, 0.2) is 17.5 Å². The van der Waals surface area contributed by atoms with Crippen molar-refractivity contribution in [2.24, 2.45) is 0 Å². The molecule has 2 aromatic rings. The maximum Gasteiger partial charge on any atom is 0.226 e. The number of benzene rings is 2. The number of anilines is 3. The number of aryl methyl sites for hydroxylation is 1. The van der Waals surface area contributed by atoms with Gasteiger partial charge in [-0.1, -0.05) is 0 Å². The topological polar surface area (TPSA) is 44.4 Å². The molecule has 27 heavy (non-hydrogen) atoms. The molecule has 0 aliphatic carbocycles. The molecule has 0 saturated carbocycles. The van der Waals surface area contributed by atoms with E-state index >= 15 is 0 Å². The minimum Gasteiger partial charge on any atom is -0.384 e. The minimum absolute atomic E-state index is 0.0513. The number of halogens is 3. The van der Waals surface area contributed by atoms with E-state index in [1.54, 1.807) is 0 Å². The lowest BCUT2D eigenvalue weighted by Crippen LogP contribution is -2.22. The standard InChI is InChI=1S/C20H24F3N3O/c1-4-26(5-2)14-6-8-16(13(3)12-14)24-11-10-18(27)25-17-9-7-15(21)19(22)20(17)23/h6-9,12,24H,4-5,10-11H2,1-3H3,(H,25,27). The van der Waals surface area contributed by atoms with Crippen LogP contribution in [0.1, 0.15) is 25.8 Å². The summed E-state index contributed by atoms with van der Waals surface area (Å²) in [7, 11) is 0. The zero-order valence-corrected chi connectivity index (χ0v) is 15.7. The molecule has 0 saturated heterocycles. The van der Waals surface area contributed by atoms with E-state index in [-0.39, 0.29) is 12.1 Å². The van der Waals surface area contributed by atoms with Gasteiger partial charge in [-0.3, -0.25) is 4.79 Å². The van der Waals surface area contributed by atoms with Crippen molar-refractivity contribution in [3.05, 3.63) is 53.3 Å². The average Bonchev–Trinajstić information content (AvgIpc) is 2.65. The lowest BCUT2D eigenvalue weighted by Gasteiger charge is -2.22. The maximum absolute atomic E-state index is 13.6. The SMILES string of the molecule is CCN(CC)c1ccc(NCCC(=O)Nc2ccc(F)c(F)c2F)c(C)c1. The van der Waals surface area contributed by atoms with E-state index in [1.165, 1.54) is 0 Å². The zero-order valence-electron chi connectivity index (χ0n) is 15.7. The van der Waals surface area contributed by atoms with Gasteiger partial charge in [0.2, 0.25) is 5.91 Å². The van der Waals surface area contributed by atoms with Crippen LogP contribution in [0.15, 0.2) is 30.3 Å². The molecule has 0 radical (unpaired) electrons. The maximum atomic E-state index is 13.6. The molecule has 0 aromatic heterocycles. The third-order valence-electron chi connectivity index (χ3n) is 4.32. The van der Waals surface area contributed by atoms with Crippen LogP contribution in [-0.2, 0) is 4.79 Å². The summed E-state index contributed by atoms with van der Waals surface area (Å²) in [5.74, 6) is -4.80. The molecule has 2 rings (SSSR count). The van der Waals surface area contributed by atoms with E-state index < -0.39 is 23.4 Å². The molecular formula is C20H24F3N3O. The van der Waals surface area contributed by atoms with E-state index in [0.29, 0.717) is 6.54 Å². The van der Waals surface area contributed by atoms with Crippen molar-refractivity contribution in [3.8, 4) is 0 Å². The van der Waals surface area contributed by atoms with E-state index in [1.807, 2.05) is 19.1 Å². The summed E-state index contributed by atoms with van der Waals surface area (Å²) in [4.78, 5) is 14.2. The smallest absolute Gasteiger partial charge is 0.226 e. The van der Waals surface area contributed by atoms with E-state index in [9.17, 15) is 18.0 Å². The third kappa shape index (κ3) is 5.15. The van der Waals surface area contributed by atoms with Gasteiger partial charge in [0.25, 0.3) is 0 Å². The molecule has 0 aliphatic heterocycles. The fourth-order valence-electron chi connectivity index (χ4n) is 2.78. The highest BCUT2D eigenvalue weighted by Crippen LogP contribution is 2.23. The molecule has 4 nitrogen and oxygen atoms in total. The van der Waals surface area contributed by atoms with Crippen molar-refractivity contribution in [3.63, 3.8) is 0 Å². The number of amides is 1. The Bertz CT molecular complexity index is 807. The molecule has 0 fully saturated rings. The Hall–Kier alpha value is -2.70. The van der Waals surface area contributed by atoms with Crippen LogP contribution in [-0.4, -0.2) is 25.5 Å². The minimum atomic E-state index is -1.60. The number of hydrogen-bond donors (Lipinski definition) is 2. The van der Waals surface area contributed by atoms with Crippen LogP contribution < -0.4 is 15.5 Å². The first-order valence-electron chi connectivity index (χ1n) is 8.90. The summed E-state index contributed by atoms with van der Waals surface area (Å²) < 4.78 is 39.7. The Morgan fingerprint density at radius 2 is 1.67 bits per heavy atom. The largest absolute Gasteiger partial charge is 0.384 e. The predicted molar refractivity (Wildman–Crippen MR) is 103 cm³/mol. The third-order valence-corrected chi connectivity index (χ3v) is 4.32. The van der Waals surface area contributed by atoms with Crippen LogP contribution >= 0.6 is 0 Å². The molecule has 0 heterocycles. The summed E-state index contributed by atoms with van der Waals surface area (Å²) in [6.07, 6.45) is 0.0513. The molecule has 0 spiro atoms. The first kappa shape index (κ1) is 20.6. The Morgan fingerprint density at radius 1 is 1.00 bits per heavy atom. The van der Waals surface area contributed by atoms with Gasteiger partial charge in [0.1, 0.15) is 0 Å². The molecule has 0 aliphatic rings. The molecule has 0 atom stereocenters. The Labute approximate surface area is 157 Å². The van der Waals surface area contributed by atoms with Crippen molar-refractivity contribution < 1.29 is 18.0 Å². The van der Waals surface area contributed by atoms with E-state index in [4.69, 9.17) is 0 Å².